The van der Waals surface area contributed by atoms with Gasteiger partial charge in [-0.2, -0.15) is 0 Å². The Hall–Kier alpha value is -0.0800. The van der Waals surface area contributed by atoms with Crippen LogP contribution < -0.4 is 0 Å². The Morgan fingerprint density at radius 2 is 1.25 bits per heavy atom. The van der Waals surface area contributed by atoms with Gasteiger partial charge in [-0.3, -0.25) is 0 Å². The summed E-state index contributed by atoms with van der Waals surface area (Å²) in [5, 5.41) is 15.2. The molecular weight excluding hydrogens is 58.0 g/mol. The molecule has 26 valence electrons. The van der Waals surface area contributed by atoms with Gasteiger partial charge in [-0.05, 0) is 0 Å². The topological polar surface area (TPSA) is 40.5 Å². The molecule has 0 aromatic heterocycles. The molecule has 2 nitrogen and oxygen atoms in total. The molecule has 0 atom stereocenters. The van der Waals surface area contributed by atoms with E-state index < -0.39 is 0 Å². The molecule has 0 bridgehead atoms. The van der Waals surface area contributed by atoms with Crippen molar-refractivity contribution >= 4 is 0 Å². The van der Waals surface area contributed by atoms with Crippen LogP contribution in [0.3, 0.4) is 0 Å². The van der Waals surface area contributed by atoms with Crippen molar-refractivity contribution in [3.05, 3.63) is 0 Å². The van der Waals surface area contributed by atoms with Crippen molar-refractivity contribution in [2.45, 2.75) is 0 Å². The van der Waals surface area contributed by atoms with Crippen LogP contribution in [-0.4, -0.2) is 23.4 Å². The fraction of sp³-hybridized carbons (Fsp3) is 1.00. The van der Waals surface area contributed by atoms with E-state index >= 15 is 0 Å². The highest BCUT2D eigenvalue weighted by Crippen LogP contribution is 1.39. The van der Waals surface area contributed by atoms with Crippen LogP contribution in [0.4, 0.5) is 0 Å². The number of hydrogen-bond acceptors (Lipinski definition) is 2. The average molecular weight is 64.1 g/mol. The van der Waals surface area contributed by atoms with Crippen LogP contribution in [0.1, 0.15) is 0 Å². The van der Waals surface area contributed by atoms with Gasteiger partial charge in [0, 0.05) is 0 Å². The zero-order chi connectivity index (χ0) is 3.41. The molecule has 0 aliphatic heterocycles. The Balaban J connectivity index is 1.97. The van der Waals surface area contributed by atoms with E-state index in [-0.39, 0.29) is 13.2 Å². The van der Waals surface area contributed by atoms with Gasteiger partial charge in [0.1, 0.15) is 0 Å². The minimum absolute atomic E-state index is 0.125. The molecule has 0 amide bonds. The lowest BCUT2D eigenvalue weighted by Crippen LogP contribution is -1.85. The molecule has 4 heavy (non-hydrogen) atoms. The summed E-state index contributed by atoms with van der Waals surface area (Å²) in [6.45, 7) is -0.250. The molecule has 0 heterocycles. The molecule has 0 unspecified atom stereocenters. The van der Waals surface area contributed by atoms with Gasteiger partial charge in [-0.15, -0.1) is 0 Å². The lowest BCUT2D eigenvalue weighted by atomic mass is 11.8. The fourth-order valence-electron chi connectivity index (χ4n) is 0. The Morgan fingerprint density at radius 1 is 1.00 bits per heavy atom. The smallest absolute Gasteiger partial charge is 0.0662 e. The maximum atomic E-state index is 7.62. The number of hydrogen-bond donors (Lipinski definition) is 2. The monoisotopic (exact) mass is 64.0 g/mol. The second-order valence-electron chi connectivity index (χ2n) is 0.447. The second-order valence-corrected chi connectivity index (χ2v) is 0.447. The SMILES string of the molecule is O[13CH2][13CH2]O. The van der Waals surface area contributed by atoms with Crippen LogP contribution >= 0.6 is 0 Å². The number of aliphatic hydroxyl groups excluding tert-OH is 2. The van der Waals surface area contributed by atoms with Gasteiger partial charge in [0.05, 0.1) is 13.2 Å². The lowest BCUT2D eigenvalue weighted by molar-refractivity contribution is 0.186. The predicted molar refractivity (Wildman–Crippen MR) is 14.2 cm³/mol. The number of aliphatic hydroxyl groups is 2. The molecule has 0 aromatic rings. The highest BCUT2D eigenvalue weighted by Gasteiger charge is 1.58. The third-order valence-corrected chi connectivity index (χ3v) is 0.1000. The molecular formula is C2H6O2. The highest BCUT2D eigenvalue weighted by atomic mass is 16.4. The van der Waals surface area contributed by atoms with Crippen LogP contribution in [0.25, 0.3) is 0 Å². The van der Waals surface area contributed by atoms with Crippen molar-refractivity contribution in [2.24, 2.45) is 0 Å². The van der Waals surface area contributed by atoms with Crippen LogP contribution in [0.15, 0.2) is 0 Å². The van der Waals surface area contributed by atoms with Gasteiger partial charge in [-0.1, -0.05) is 0 Å². The van der Waals surface area contributed by atoms with Crippen molar-refractivity contribution in [3.63, 3.8) is 0 Å². The molecule has 2 N–H and O–H groups in total. The van der Waals surface area contributed by atoms with Crippen LogP contribution in [0, 0.1) is 0 Å². The number of rotatable bonds is 1. The molecule has 0 fully saturated rings. The molecule has 0 aromatic carbocycles. The molecule has 0 spiro atoms. The summed E-state index contributed by atoms with van der Waals surface area (Å²) in [7, 11) is 0. The lowest BCUT2D eigenvalue weighted by Gasteiger charge is -1.70. The summed E-state index contributed by atoms with van der Waals surface area (Å²) < 4.78 is 0. The van der Waals surface area contributed by atoms with E-state index in [1.165, 1.54) is 0 Å². The molecule has 0 saturated carbocycles. The van der Waals surface area contributed by atoms with Crippen LogP contribution in [-0.2, 0) is 0 Å². The largest absolute Gasteiger partial charge is 0.394 e. The van der Waals surface area contributed by atoms with E-state index in [2.05, 4.69) is 0 Å². The van der Waals surface area contributed by atoms with E-state index in [1.54, 1.807) is 0 Å². The molecule has 0 aliphatic rings. The van der Waals surface area contributed by atoms with Gasteiger partial charge in [0.2, 0.25) is 0 Å². The van der Waals surface area contributed by atoms with Gasteiger partial charge < -0.3 is 10.2 Å². The Morgan fingerprint density at radius 3 is 1.25 bits per heavy atom. The first-order valence-electron chi connectivity index (χ1n) is 1.13. The summed E-state index contributed by atoms with van der Waals surface area (Å²) in [6, 6.07) is 0. The summed E-state index contributed by atoms with van der Waals surface area (Å²) in [6.07, 6.45) is 0. The zero-order valence-electron chi connectivity index (χ0n) is 2.31. The third-order valence-electron chi connectivity index (χ3n) is 0.1000. The molecule has 0 radical (unpaired) electrons. The van der Waals surface area contributed by atoms with Crippen molar-refractivity contribution in [3.8, 4) is 0 Å². The second kappa shape index (κ2) is 2.92. The maximum absolute atomic E-state index is 7.62. The van der Waals surface area contributed by atoms with Crippen molar-refractivity contribution in [1.82, 2.24) is 0 Å². The zero-order valence-corrected chi connectivity index (χ0v) is 2.31. The van der Waals surface area contributed by atoms with Gasteiger partial charge in [0.25, 0.3) is 0 Å². The summed E-state index contributed by atoms with van der Waals surface area (Å²) in [5.41, 5.74) is 0. The predicted octanol–water partition coefficient (Wildman–Crippen LogP) is -1.03. The summed E-state index contributed by atoms with van der Waals surface area (Å²) in [5.74, 6) is 0. The molecule has 0 aliphatic carbocycles. The fourth-order valence-corrected chi connectivity index (χ4v) is 0. The summed E-state index contributed by atoms with van der Waals surface area (Å²) >= 11 is 0. The first-order chi connectivity index (χ1) is 1.91. The van der Waals surface area contributed by atoms with E-state index in [1.807, 2.05) is 0 Å². The van der Waals surface area contributed by atoms with Crippen LogP contribution in [0.2, 0.25) is 0 Å². The van der Waals surface area contributed by atoms with Gasteiger partial charge in [0.15, 0.2) is 0 Å². The van der Waals surface area contributed by atoms with Crippen LogP contribution in [0.5, 0.6) is 0 Å². The third kappa shape index (κ3) is 1.92. The Bertz CT molecular complexity index is 6.00. The van der Waals surface area contributed by atoms with E-state index in [0.717, 1.165) is 0 Å². The Labute approximate surface area is 24.7 Å². The van der Waals surface area contributed by atoms with E-state index in [4.69, 9.17) is 10.2 Å². The molecule has 0 saturated heterocycles. The van der Waals surface area contributed by atoms with Gasteiger partial charge >= 0.3 is 0 Å². The highest BCUT2D eigenvalue weighted by molar-refractivity contribution is 4.06. The standard InChI is InChI=1S/C2H6O2/c3-1-2-4/h3-4H,1-2H2/i1+1,2+1. The van der Waals surface area contributed by atoms with Crippen molar-refractivity contribution < 1.29 is 10.2 Å². The molecule has 0 rings (SSSR count). The van der Waals surface area contributed by atoms with Gasteiger partial charge in [-0.25, -0.2) is 0 Å². The minimum Gasteiger partial charge on any atom is -0.394 e. The molecule has 2 heteroatoms. The average Bonchev–Trinajstić information content (AvgIpc) is 1.37. The Kier molecular flexibility index (Phi) is 2.86. The van der Waals surface area contributed by atoms with Crippen molar-refractivity contribution in [1.29, 1.82) is 0 Å². The maximum Gasteiger partial charge on any atom is 0.0662 e. The first-order valence-corrected chi connectivity index (χ1v) is 1.13. The van der Waals surface area contributed by atoms with E-state index in [0.29, 0.717) is 0 Å². The first kappa shape index (κ1) is 3.92. The summed E-state index contributed by atoms with van der Waals surface area (Å²) in [4.78, 5) is 0. The quantitative estimate of drug-likeness (QED) is 0.383. The normalized spacial score (nSPS) is 7.50. The van der Waals surface area contributed by atoms with Crippen molar-refractivity contribution in [2.75, 3.05) is 13.2 Å². The van der Waals surface area contributed by atoms with E-state index in [9.17, 15) is 0 Å². The minimum atomic E-state index is -0.125.